The van der Waals surface area contributed by atoms with E-state index in [1.54, 1.807) is 25.1 Å². The fourth-order valence-corrected chi connectivity index (χ4v) is 2.19. The summed E-state index contributed by atoms with van der Waals surface area (Å²) in [6.07, 6.45) is 0. The molecule has 0 saturated heterocycles. The van der Waals surface area contributed by atoms with Crippen molar-refractivity contribution >= 4 is 34.7 Å². The van der Waals surface area contributed by atoms with Crippen LogP contribution in [0.1, 0.15) is 22.8 Å². The van der Waals surface area contributed by atoms with E-state index in [1.807, 2.05) is 37.3 Å². The van der Waals surface area contributed by atoms with Crippen molar-refractivity contribution in [2.75, 3.05) is 17.2 Å². The molecule has 0 radical (unpaired) electrons. The molecule has 0 aliphatic carbocycles. The first-order valence-corrected chi connectivity index (χ1v) is 7.42. The molecule has 0 atom stereocenters. The molecule has 4 nitrogen and oxygen atoms in total. The molecule has 2 rings (SSSR count). The maximum absolute atomic E-state index is 11.9. The van der Waals surface area contributed by atoms with Gasteiger partial charge in [0.25, 0.3) is 0 Å². The lowest BCUT2D eigenvalue weighted by Crippen LogP contribution is -2.21. The van der Waals surface area contributed by atoms with Crippen molar-refractivity contribution in [2.24, 2.45) is 0 Å². The minimum atomic E-state index is -0.371. The second kappa shape index (κ2) is 7.56. The van der Waals surface area contributed by atoms with Gasteiger partial charge >= 0.3 is 5.97 Å². The van der Waals surface area contributed by atoms with Gasteiger partial charge in [-0.2, -0.15) is 0 Å². The Bertz CT molecular complexity index is 686. The van der Waals surface area contributed by atoms with Crippen molar-refractivity contribution in [3.8, 4) is 0 Å². The van der Waals surface area contributed by atoms with Crippen LogP contribution in [0, 0.1) is 6.92 Å². The predicted molar refractivity (Wildman–Crippen MR) is 93.4 cm³/mol. The maximum atomic E-state index is 11.9. The van der Waals surface area contributed by atoms with Gasteiger partial charge < -0.3 is 15.4 Å². The lowest BCUT2D eigenvalue weighted by Gasteiger charge is -2.14. The topological polar surface area (TPSA) is 50.4 Å². The number of rotatable bonds is 4. The van der Waals surface area contributed by atoms with Gasteiger partial charge in [-0.3, -0.25) is 0 Å². The van der Waals surface area contributed by atoms with E-state index >= 15 is 0 Å². The Labute approximate surface area is 135 Å². The summed E-state index contributed by atoms with van der Waals surface area (Å²) < 4.78 is 5.04. The third-order valence-corrected chi connectivity index (χ3v) is 3.27. The van der Waals surface area contributed by atoms with Crippen molar-refractivity contribution in [3.63, 3.8) is 0 Å². The molecule has 22 heavy (non-hydrogen) atoms. The monoisotopic (exact) mass is 314 g/mol. The number of carbonyl (C=O) groups excluding carboxylic acids is 1. The zero-order valence-electron chi connectivity index (χ0n) is 12.6. The van der Waals surface area contributed by atoms with E-state index in [2.05, 4.69) is 10.6 Å². The van der Waals surface area contributed by atoms with Crippen LogP contribution in [0.4, 0.5) is 11.4 Å². The Morgan fingerprint density at radius 3 is 2.32 bits per heavy atom. The number of anilines is 2. The summed E-state index contributed by atoms with van der Waals surface area (Å²) in [6, 6.07) is 15.0. The van der Waals surface area contributed by atoms with Crippen molar-refractivity contribution in [1.29, 1.82) is 0 Å². The number of esters is 1. The lowest BCUT2D eigenvalue weighted by molar-refractivity contribution is 0.0527. The van der Waals surface area contributed by atoms with Crippen LogP contribution >= 0.6 is 12.2 Å². The molecule has 0 fully saturated rings. The molecule has 5 heteroatoms. The minimum Gasteiger partial charge on any atom is -0.462 e. The van der Waals surface area contributed by atoms with E-state index in [4.69, 9.17) is 17.0 Å². The fourth-order valence-electron chi connectivity index (χ4n) is 1.97. The molecule has 0 aliphatic heterocycles. The van der Waals surface area contributed by atoms with E-state index in [-0.39, 0.29) is 5.97 Å². The third-order valence-electron chi connectivity index (χ3n) is 3.06. The zero-order chi connectivity index (χ0) is 15.9. The van der Waals surface area contributed by atoms with Crippen LogP contribution in [0.3, 0.4) is 0 Å². The van der Waals surface area contributed by atoms with Gasteiger partial charge in [0.2, 0.25) is 0 Å². The molecule has 0 unspecified atom stereocenters. The Hall–Kier alpha value is -2.40. The van der Waals surface area contributed by atoms with Gasteiger partial charge in [0.05, 0.1) is 17.9 Å². The molecular formula is C17H18N2O2S. The number of aryl methyl sites for hydroxylation is 1. The summed E-state index contributed by atoms with van der Waals surface area (Å²) in [7, 11) is 0. The first-order chi connectivity index (χ1) is 10.6. The Morgan fingerprint density at radius 2 is 1.64 bits per heavy atom. The SMILES string of the molecule is CCOC(=O)c1ccccc1NC(=S)Nc1ccccc1C. The van der Waals surface area contributed by atoms with Crippen LogP contribution in [0.2, 0.25) is 0 Å². The van der Waals surface area contributed by atoms with Crippen LogP contribution < -0.4 is 10.6 Å². The van der Waals surface area contributed by atoms with Crippen LogP contribution in [-0.2, 0) is 4.74 Å². The molecule has 0 bridgehead atoms. The van der Waals surface area contributed by atoms with Crippen molar-refractivity contribution in [1.82, 2.24) is 0 Å². The molecule has 0 aliphatic rings. The first-order valence-electron chi connectivity index (χ1n) is 7.01. The molecule has 0 saturated carbocycles. The summed E-state index contributed by atoms with van der Waals surface area (Å²) in [6.45, 7) is 4.11. The first kappa shape index (κ1) is 16.0. The number of para-hydroxylation sites is 2. The number of carbonyl (C=O) groups is 1. The van der Waals surface area contributed by atoms with Gasteiger partial charge in [-0.15, -0.1) is 0 Å². The number of benzene rings is 2. The van der Waals surface area contributed by atoms with Crippen molar-refractivity contribution in [2.45, 2.75) is 13.8 Å². The van der Waals surface area contributed by atoms with Gasteiger partial charge in [-0.25, -0.2) is 4.79 Å². The Morgan fingerprint density at radius 1 is 1.05 bits per heavy atom. The highest BCUT2D eigenvalue weighted by atomic mass is 32.1. The van der Waals surface area contributed by atoms with Crippen molar-refractivity contribution in [3.05, 3.63) is 59.7 Å². The van der Waals surface area contributed by atoms with Gasteiger partial charge in [0.1, 0.15) is 0 Å². The lowest BCUT2D eigenvalue weighted by atomic mass is 10.2. The smallest absolute Gasteiger partial charge is 0.340 e. The molecule has 0 amide bonds. The second-order valence-electron chi connectivity index (χ2n) is 4.66. The number of thiocarbonyl (C=S) groups is 1. The Kier molecular flexibility index (Phi) is 5.49. The molecule has 2 N–H and O–H groups in total. The highest BCUT2D eigenvalue weighted by molar-refractivity contribution is 7.80. The summed E-state index contributed by atoms with van der Waals surface area (Å²) >= 11 is 5.31. The molecule has 2 aromatic rings. The normalized spacial score (nSPS) is 9.91. The molecule has 2 aromatic carbocycles. The van der Waals surface area contributed by atoms with Gasteiger partial charge in [-0.1, -0.05) is 30.3 Å². The van der Waals surface area contributed by atoms with E-state index in [1.165, 1.54) is 0 Å². The average Bonchev–Trinajstić information content (AvgIpc) is 2.50. The predicted octanol–water partition coefficient (Wildman–Crippen LogP) is 3.98. The molecule has 0 spiro atoms. The fraction of sp³-hybridized carbons (Fsp3) is 0.176. The zero-order valence-corrected chi connectivity index (χ0v) is 13.4. The summed E-state index contributed by atoms with van der Waals surface area (Å²) in [5.74, 6) is -0.371. The number of hydrogen-bond acceptors (Lipinski definition) is 3. The van der Waals surface area contributed by atoms with Gasteiger partial charge in [0.15, 0.2) is 5.11 Å². The van der Waals surface area contributed by atoms with Crippen LogP contribution in [0.15, 0.2) is 48.5 Å². The summed E-state index contributed by atoms with van der Waals surface area (Å²) in [5, 5.41) is 6.59. The van der Waals surface area contributed by atoms with Crippen LogP contribution in [0.25, 0.3) is 0 Å². The van der Waals surface area contributed by atoms with E-state index in [0.717, 1.165) is 11.3 Å². The quantitative estimate of drug-likeness (QED) is 0.660. The molecule has 114 valence electrons. The standard InChI is InChI=1S/C17H18N2O2S/c1-3-21-16(20)13-9-5-7-11-15(13)19-17(22)18-14-10-6-4-8-12(14)2/h4-11H,3H2,1-2H3,(H2,18,19,22). The number of nitrogens with one attached hydrogen (secondary N) is 2. The molecule has 0 aromatic heterocycles. The summed E-state index contributed by atoms with van der Waals surface area (Å²) in [5.41, 5.74) is 3.09. The Balaban J connectivity index is 2.12. The number of hydrogen-bond donors (Lipinski definition) is 2. The summed E-state index contributed by atoms with van der Waals surface area (Å²) in [4.78, 5) is 11.9. The molecular weight excluding hydrogens is 296 g/mol. The average molecular weight is 314 g/mol. The van der Waals surface area contributed by atoms with Gasteiger partial charge in [-0.05, 0) is 49.8 Å². The third kappa shape index (κ3) is 4.05. The molecule has 0 heterocycles. The second-order valence-corrected chi connectivity index (χ2v) is 5.07. The van der Waals surface area contributed by atoms with Crippen LogP contribution in [-0.4, -0.2) is 17.7 Å². The maximum Gasteiger partial charge on any atom is 0.340 e. The van der Waals surface area contributed by atoms with E-state index < -0.39 is 0 Å². The minimum absolute atomic E-state index is 0.332. The van der Waals surface area contributed by atoms with Crippen molar-refractivity contribution < 1.29 is 9.53 Å². The number of ether oxygens (including phenoxy) is 1. The van der Waals surface area contributed by atoms with E-state index in [9.17, 15) is 4.79 Å². The highest BCUT2D eigenvalue weighted by Gasteiger charge is 2.12. The van der Waals surface area contributed by atoms with Crippen LogP contribution in [0.5, 0.6) is 0 Å². The van der Waals surface area contributed by atoms with E-state index in [0.29, 0.717) is 23.0 Å². The largest absolute Gasteiger partial charge is 0.462 e. The van der Waals surface area contributed by atoms with Gasteiger partial charge in [0, 0.05) is 5.69 Å². The highest BCUT2D eigenvalue weighted by Crippen LogP contribution is 2.18.